The Morgan fingerprint density at radius 3 is 2.65 bits per heavy atom. The first-order valence-electron chi connectivity index (χ1n) is 7.63. The first-order valence-corrected chi connectivity index (χ1v) is 8.82. The molecule has 5 nitrogen and oxygen atoms in total. The molecular weight excluding hydrogens is 334 g/mol. The standard InChI is InChI=1S/C16H18ClN3O2S/c17-14-5-4-13(23-14)11-18-7-9-19(10-8-18)16(22)12-20-6-2-1-3-15(20)21/h1-6H,7-12H2/p+1. The van der Waals surface area contributed by atoms with Crippen molar-refractivity contribution in [3.05, 3.63) is 56.1 Å². The summed E-state index contributed by atoms with van der Waals surface area (Å²) in [6, 6.07) is 8.92. The summed E-state index contributed by atoms with van der Waals surface area (Å²) in [5.74, 6) is 0.0107. The van der Waals surface area contributed by atoms with Crippen LogP contribution in [0.2, 0.25) is 4.34 Å². The Morgan fingerprint density at radius 2 is 2.00 bits per heavy atom. The second-order valence-electron chi connectivity index (χ2n) is 5.68. The number of nitrogens with zero attached hydrogens (tertiary/aromatic N) is 2. The molecule has 7 heteroatoms. The van der Waals surface area contributed by atoms with E-state index in [1.807, 2.05) is 11.0 Å². The number of thiophene rings is 1. The molecule has 23 heavy (non-hydrogen) atoms. The fraction of sp³-hybridized carbons (Fsp3) is 0.375. The third-order valence-electron chi connectivity index (χ3n) is 4.08. The summed E-state index contributed by atoms with van der Waals surface area (Å²) in [6.07, 6.45) is 1.66. The summed E-state index contributed by atoms with van der Waals surface area (Å²) in [4.78, 5) is 28.6. The van der Waals surface area contributed by atoms with E-state index < -0.39 is 0 Å². The van der Waals surface area contributed by atoms with Gasteiger partial charge in [0.15, 0.2) is 0 Å². The van der Waals surface area contributed by atoms with Gasteiger partial charge in [0, 0.05) is 12.3 Å². The molecule has 3 heterocycles. The Labute approximate surface area is 143 Å². The summed E-state index contributed by atoms with van der Waals surface area (Å²) in [6.45, 7) is 4.38. The van der Waals surface area contributed by atoms with Crippen LogP contribution in [0, 0.1) is 0 Å². The highest BCUT2D eigenvalue weighted by Crippen LogP contribution is 2.20. The van der Waals surface area contributed by atoms with Crippen molar-refractivity contribution >= 4 is 28.8 Å². The summed E-state index contributed by atoms with van der Waals surface area (Å²) in [5, 5.41) is 0. The van der Waals surface area contributed by atoms with E-state index in [4.69, 9.17) is 11.6 Å². The Morgan fingerprint density at radius 1 is 1.22 bits per heavy atom. The monoisotopic (exact) mass is 352 g/mol. The van der Waals surface area contributed by atoms with Crippen LogP contribution in [-0.2, 0) is 17.9 Å². The number of halogens is 1. The fourth-order valence-electron chi connectivity index (χ4n) is 2.78. The Bertz CT molecular complexity index is 735. The van der Waals surface area contributed by atoms with Crippen molar-refractivity contribution in [2.45, 2.75) is 13.1 Å². The molecule has 2 aromatic rings. The van der Waals surface area contributed by atoms with Crippen molar-refractivity contribution in [1.29, 1.82) is 0 Å². The lowest BCUT2D eigenvalue weighted by Gasteiger charge is -2.32. The molecule has 1 aliphatic heterocycles. The van der Waals surface area contributed by atoms with Crippen molar-refractivity contribution in [2.24, 2.45) is 0 Å². The normalized spacial score (nSPS) is 15.8. The molecule has 1 fully saturated rings. The van der Waals surface area contributed by atoms with Crippen LogP contribution in [0.1, 0.15) is 4.88 Å². The number of quaternary nitrogens is 1. The first kappa shape index (κ1) is 16.2. The molecule has 122 valence electrons. The quantitative estimate of drug-likeness (QED) is 0.870. The zero-order chi connectivity index (χ0) is 16.2. The molecule has 1 saturated heterocycles. The van der Waals surface area contributed by atoms with Crippen LogP contribution in [0.25, 0.3) is 0 Å². The molecule has 3 rings (SSSR count). The first-order chi connectivity index (χ1) is 11.1. The van der Waals surface area contributed by atoms with Crippen LogP contribution in [0.3, 0.4) is 0 Å². The molecule has 0 radical (unpaired) electrons. The van der Waals surface area contributed by atoms with Crippen molar-refractivity contribution in [1.82, 2.24) is 9.47 Å². The predicted octanol–water partition coefficient (Wildman–Crippen LogP) is 0.491. The molecule has 2 aromatic heterocycles. The van der Waals surface area contributed by atoms with Crippen LogP contribution in [0.5, 0.6) is 0 Å². The van der Waals surface area contributed by atoms with Gasteiger partial charge in [-0.2, -0.15) is 0 Å². The minimum absolute atomic E-state index is 0.0107. The van der Waals surface area contributed by atoms with Gasteiger partial charge in [-0.1, -0.05) is 17.7 Å². The van der Waals surface area contributed by atoms with Crippen LogP contribution < -0.4 is 10.5 Å². The van der Waals surface area contributed by atoms with Gasteiger partial charge in [0.1, 0.15) is 13.1 Å². The third-order valence-corrected chi connectivity index (χ3v) is 5.31. The lowest BCUT2D eigenvalue weighted by atomic mass is 10.3. The Hall–Kier alpha value is -1.63. The van der Waals surface area contributed by atoms with E-state index >= 15 is 0 Å². The van der Waals surface area contributed by atoms with E-state index in [1.54, 1.807) is 29.7 Å². The SMILES string of the molecule is O=C(Cn1ccccc1=O)N1CC[NH+](Cc2ccc(Cl)s2)CC1. The van der Waals surface area contributed by atoms with E-state index in [9.17, 15) is 9.59 Å². The van der Waals surface area contributed by atoms with Gasteiger partial charge >= 0.3 is 0 Å². The molecule has 1 aliphatic rings. The van der Waals surface area contributed by atoms with Crippen molar-refractivity contribution in [2.75, 3.05) is 26.2 Å². The maximum absolute atomic E-state index is 12.3. The number of amides is 1. The summed E-state index contributed by atoms with van der Waals surface area (Å²) >= 11 is 7.58. The van der Waals surface area contributed by atoms with Gasteiger partial charge in [0.05, 0.1) is 35.4 Å². The van der Waals surface area contributed by atoms with Crippen LogP contribution >= 0.6 is 22.9 Å². The van der Waals surface area contributed by atoms with Crippen LogP contribution in [0.4, 0.5) is 0 Å². The third kappa shape index (κ3) is 4.22. The number of rotatable bonds is 4. The maximum Gasteiger partial charge on any atom is 0.250 e. The van der Waals surface area contributed by atoms with E-state index in [-0.39, 0.29) is 18.0 Å². The van der Waals surface area contributed by atoms with Gasteiger partial charge in [0.2, 0.25) is 5.91 Å². The topological polar surface area (TPSA) is 46.8 Å². The minimum Gasteiger partial charge on any atom is -0.330 e. The van der Waals surface area contributed by atoms with Crippen molar-refractivity contribution in [3.8, 4) is 0 Å². The van der Waals surface area contributed by atoms with Gasteiger partial charge < -0.3 is 14.4 Å². The lowest BCUT2D eigenvalue weighted by Crippen LogP contribution is -3.13. The van der Waals surface area contributed by atoms with Crippen molar-refractivity contribution < 1.29 is 9.69 Å². The second kappa shape index (κ2) is 7.29. The molecule has 0 spiro atoms. The second-order valence-corrected chi connectivity index (χ2v) is 7.48. The minimum atomic E-state index is -0.139. The summed E-state index contributed by atoms with van der Waals surface area (Å²) in [5.41, 5.74) is -0.139. The zero-order valence-corrected chi connectivity index (χ0v) is 14.3. The maximum atomic E-state index is 12.3. The number of piperazine rings is 1. The number of nitrogens with one attached hydrogen (secondary N) is 1. The number of hydrogen-bond acceptors (Lipinski definition) is 3. The van der Waals surface area contributed by atoms with E-state index in [0.29, 0.717) is 0 Å². The summed E-state index contributed by atoms with van der Waals surface area (Å²) in [7, 11) is 0. The molecule has 0 saturated carbocycles. The highest BCUT2D eigenvalue weighted by molar-refractivity contribution is 7.16. The number of hydrogen-bond donors (Lipinski definition) is 1. The lowest BCUT2D eigenvalue weighted by molar-refractivity contribution is -0.917. The average molecular weight is 353 g/mol. The highest BCUT2D eigenvalue weighted by Gasteiger charge is 2.24. The van der Waals surface area contributed by atoms with Gasteiger partial charge in [-0.25, -0.2) is 0 Å². The average Bonchev–Trinajstić information content (AvgIpc) is 2.95. The molecule has 0 bridgehead atoms. The number of carbonyl (C=O) groups excluding carboxylic acids is 1. The Balaban J connectivity index is 1.51. The fourth-order valence-corrected chi connectivity index (χ4v) is 3.94. The van der Waals surface area contributed by atoms with Gasteiger partial charge in [-0.15, -0.1) is 11.3 Å². The van der Waals surface area contributed by atoms with Crippen LogP contribution in [0.15, 0.2) is 41.3 Å². The summed E-state index contributed by atoms with van der Waals surface area (Å²) < 4.78 is 2.27. The smallest absolute Gasteiger partial charge is 0.250 e. The predicted molar refractivity (Wildman–Crippen MR) is 91.0 cm³/mol. The zero-order valence-electron chi connectivity index (χ0n) is 12.7. The van der Waals surface area contributed by atoms with Gasteiger partial charge in [-0.3, -0.25) is 9.59 Å². The molecule has 0 aromatic carbocycles. The molecular formula is C16H19ClN3O2S+. The van der Waals surface area contributed by atoms with E-state index in [2.05, 4.69) is 6.07 Å². The van der Waals surface area contributed by atoms with Gasteiger partial charge in [-0.05, 0) is 18.2 Å². The molecule has 1 amide bonds. The van der Waals surface area contributed by atoms with Gasteiger partial charge in [0.25, 0.3) is 5.56 Å². The van der Waals surface area contributed by atoms with Crippen molar-refractivity contribution in [3.63, 3.8) is 0 Å². The highest BCUT2D eigenvalue weighted by atomic mass is 35.5. The van der Waals surface area contributed by atoms with Crippen LogP contribution in [-0.4, -0.2) is 41.6 Å². The molecule has 0 unspecified atom stereocenters. The number of aromatic nitrogens is 1. The van der Waals surface area contributed by atoms with E-state index in [0.717, 1.165) is 37.1 Å². The van der Waals surface area contributed by atoms with E-state index in [1.165, 1.54) is 20.4 Å². The number of carbonyl (C=O) groups is 1. The molecule has 0 atom stereocenters. The molecule has 1 N–H and O–H groups in total. The Kier molecular flexibility index (Phi) is 5.15. The largest absolute Gasteiger partial charge is 0.330 e. The number of pyridine rings is 1. The molecule has 0 aliphatic carbocycles.